The molecule has 3 rings (SSSR count). The minimum Gasteiger partial charge on any atom is -0.371 e. The van der Waals surface area contributed by atoms with Gasteiger partial charge < -0.3 is 4.74 Å². The Kier molecular flexibility index (Phi) is 1.88. The van der Waals surface area contributed by atoms with Gasteiger partial charge in [0, 0.05) is 0 Å². The number of imide groups is 1. The molecule has 1 aromatic rings. The van der Waals surface area contributed by atoms with Gasteiger partial charge in [0.15, 0.2) is 0 Å². The van der Waals surface area contributed by atoms with Gasteiger partial charge in [0.05, 0.1) is 23.8 Å². The van der Waals surface area contributed by atoms with Gasteiger partial charge >= 0.3 is 0 Å². The minimum atomic E-state index is -0.205. The number of amides is 2. The Labute approximate surface area is 92.8 Å². The highest BCUT2D eigenvalue weighted by Gasteiger charge is 2.44. The summed E-state index contributed by atoms with van der Waals surface area (Å²) in [6.45, 7) is 2.48. The van der Waals surface area contributed by atoms with Gasteiger partial charge in [0.25, 0.3) is 11.8 Å². The average Bonchev–Trinajstić information content (AvgIpc) is 3.09. The lowest BCUT2D eigenvalue weighted by molar-refractivity contribution is 0.0572. The number of ether oxygens (including phenoxy) is 1. The summed E-state index contributed by atoms with van der Waals surface area (Å²) in [4.78, 5) is 25.4. The molecule has 2 amide bonds. The lowest BCUT2D eigenvalue weighted by atomic mass is 10.1. The zero-order valence-electron chi connectivity index (χ0n) is 8.84. The number of carbonyl (C=O) groups excluding carboxylic acids is 2. The first-order valence-corrected chi connectivity index (χ1v) is 5.28. The van der Waals surface area contributed by atoms with Crippen LogP contribution in [0.25, 0.3) is 0 Å². The SMILES string of the molecule is CC(C1CO1)N1C(=O)c2ccccc2C1=O. The zero-order valence-corrected chi connectivity index (χ0v) is 8.84. The fourth-order valence-electron chi connectivity index (χ4n) is 2.08. The van der Waals surface area contributed by atoms with Gasteiger partial charge in [-0.15, -0.1) is 0 Å². The normalized spacial score (nSPS) is 24.6. The summed E-state index contributed by atoms with van der Waals surface area (Å²) in [5.41, 5.74) is 1.00. The maximum atomic E-state index is 12.0. The van der Waals surface area contributed by atoms with Crippen LogP contribution < -0.4 is 0 Å². The molecule has 2 heterocycles. The van der Waals surface area contributed by atoms with Gasteiger partial charge in [-0.05, 0) is 19.1 Å². The first kappa shape index (κ1) is 9.54. The highest BCUT2D eigenvalue weighted by molar-refractivity contribution is 6.21. The average molecular weight is 217 g/mol. The maximum absolute atomic E-state index is 12.0. The lowest BCUT2D eigenvalue weighted by Crippen LogP contribution is -2.41. The predicted molar refractivity (Wildman–Crippen MR) is 56.1 cm³/mol. The molecule has 2 atom stereocenters. The van der Waals surface area contributed by atoms with Crippen LogP contribution in [0.4, 0.5) is 0 Å². The van der Waals surface area contributed by atoms with E-state index in [-0.39, 0.29) is 24.0 Å². The molecule has 0 radical (unpaired) electrons. The maximum Gasteiger partial charge on any atom is 0.261 e. The van der Waals surface area contributed by atoms with Crippen LogP contribution in [0.1, 0.15) is 27.6 Å². The topological polar surface area (TPSA) is 49.9 Å². The van der Waals surface area contributed by atoms with E-state index in [1.165, 1.54) is 4.90 Å². The summed E-state index contributed by atoms with van der Waals surface area (Å²) in [7, 11) is 0. The molecule has 2 aliphatic rings. The van der Waals surface area contributed by atoms with E-state index in [2.05, 4.69) is 0 Å². The summed E-state index contributed by atoms with van der Waals surface area (Å²) in [5, 5.41) is 0. The fourth-order valence-corrected chi connectivity index (χ4v) is 2.08. The number of hydrogen-bond acceptors (Lipinski definition) is 3. The van der Waals surface area contributed by atoms with Crippen molar-refractivity contribution in [3.05, 3.63) is 35.4 Å². The van der Waals surface area contributed by atoms with Gasteiger partial charge in [-0.25, -0.2) is 0 Å². The van der Waals surface area contributed by atoms with Crippen LogP contribution in [0.3, 0.4) is 0 Å². The van der Waals surface area contributed by atoms with E-state index >= 15 is 0 Å². The number of hydrogen-bond donors (Lipinski definition) is 0. The quantitative estimate of drug-likeness (QED) is 0.550. The minimum absolute atomic E-state index is 0.0159. The Morgan fingerprint density at radius 2 is 1.75 bits per heavy atom. The van der Waals surface area contributed by atoms with E-state index in [4.69, 9.17) is 4.74 Å². The van der Waals surface area contributed by atoms with Gasteiger partial charge in [0.2, 0.25) is 0 Å². The molecule has 4 heteroatoms. The van der Waals surface area contributed by atoms with Crippen LogP contribution in [-0.2, 0) is 4.74 Å². The summed E-state index contributed by atoms with van der Waals surface area (Å²) < 4.78 is 5.13. The second-order valence-electron chi connectivity index (χ2n) is 4.14. The number of rotatable bonds is 2. The Bertz CT molecular complexity index is 444. The summed E-state index contributed by atoms with van der Waals surface area (Å²) in [5.74, 6) is -0.410. The van der Waals surface area contributed by atoms with Crippen LogP contribution in [0.2, 0.25) is 0 Å². The van der Waals surface area contributed by atoms with Crippen molar-refractivity contribution in [2.75, 3.05) is 6.61 Å². The second-order valence-corrected chi connectivity index (χ2v) is 4.14. The van der Waals surface area contributed by atoms with Crippen molar-refractivity contribution in [2.45, 2.75) is 19.1 Å². The van der Waals surface area contributed by atoms with E-state index in [0.29, 0.717) is 17.7 Å². The van der Waals surface area contributed by atoms with Crippen molar-refractivity contribution in [3.8, 4) is 0 Å². The van der Waals surface area contributed by atoms with E-state index < -0.39 is 0 Å². The molecule has 1 fully saturated rings. The van der Waals surface area contributed by atoms with Gasteiger partial charge in [0.1, 0.15) is 6.10 Å². The van der Waals surface area contributed by atoms with Crippen molar-refractivity contribution in [2.24, 2.45) is 0 Å². The molecule has 0 bridgehead atoms. The molecule has 1 aromatic carbocycles. The van der Waals surface area contributed by atoms with Crippen LogP contribution >= 0.6 is 0 Å². The molecule has 0 aliphatic carbocycles. The first-order chi connectivity index (χ1) is 7.70. The summed E-state index contributed by atoms with van der Waals surface area (Å²) in [6, 6.07) is 6.75. The molecular weight excluding hydrogens is 206 g/mol. The third-order valence-electron chi connectivity index (χ3n) is 3.13. The first-order valence-electron chi connectivity index (χ1n) is 5.28. The molecule has 2 aliphatic heterocycles. The third-order valence-corrected chi connectivity index (χ3v) is 3.13. The Balaban J connectivity index is 2.00. The molecule has 0 saturated carbocycles. The molecule has 16 heavy (non-hydrogen) atoms. The molecule has 0 aromatic heterocycles. The largest absolute Gasteiger partial charge is 0.371 e. The van der Waals surface area contributed by atoms with Gasteiger partial charge in [-0.3, -0.25) is 14.5 Å². The monoisotopic (exact) mass is 217 g/mol. The van der Waals surface area contributed by atoms with E-state index in [1.54, 1.807) is 24.3 Å². The number of fused-ring (bicyclic) bond motifs is 1. The zero-order chi connectivity index (χ0) is 11.3. The summed E-state index contributed by atoms with van der Waals surface area (Å²) in [6.07, 6.45) is 0.0159. The molecule has 0 spiro atoms. The Morgan fingerprint density at radius 1 is 1.25 bits per heavy atom. The van der Waals surface area contributed by atoms with E-state index in [0.717, 1.165) is 0 Å². The van der Waals surface area contributed by atoms with Gasteiger partial charge in [-0.2, -0.15) is 0 Å². The lowest BCUT2D eigenvalue weighted by Gasteiger charge is -2.20. The number of nitrogens with zero attached hydrogens (tertiary/aromatic N) is 1. The fraction of sp³-hybridized carbons (Fsp3) is 0.333. The third kappa shape index (κ3) is 1.20. The smallest absolute Gasteiger partial charge is 0.261 e. The highest BCUT2D eigenvalue weighted by Crippen LogP contribution is 2.28. The molecule has 2 unspecified atom stereocenters. The van der Waals surface area contributed by atoms with Crippen LogP contribution in [-0.4, -0.2) is 35.5 Å². The highest BCUT2D eigenvalue weighted by atomic mass is 16.6. The summed E-state index contributed by atoms with van der Waals surface area (Å²) >= 11 is 0. The van der Waals surface area contributed by atoms with Crippen LogP contribution in [0.15, 0.2) is 24.3 Å². The molecule has 0 N–H and O–H groups in total. The number of carbonyl (C=O) groups is 2. The van der Waals surface area contributed by atoms with E-state index in [9.17, 15) is 9.59 Å². The van der Waals surface area contributed by atoms with Crippen molar-refractivity contribution >= 4 is 11.8 Å². The van der Waals surface area contributed by atoms with Crippen molar-refractivity contribution in [1.82, 2.24) is 4.90 Å². The van der Waals surface area contributed by atoms with Crippen molar-refractivity contribution in [3.63, 3.8) is 0 Å². The van der Waals surface area contributed by atoms with Gasteiger partial charge in [-0.1, -0.05) is 12.1 Å². The Morgan fingerprint density at radius 3 is 2.19 bits per heavy atom. The Hall–Kier alpha value is -1.68. The number of epoxide rings is 1. The van der Waals surface area contributed by atoms with Crippen LogP contribution in [0.5, 0.6) is 0 Å². The second kappa shape index (κ2) is 3.15. The predicted octanol–water partition coefficient (Wildman–Crippen LogP) is 1.07. The van der Waals surface area contributed by atoms with Crippen LogP contribution in [0, 0.1) is 0 Å². The number of benzene rings is 1. The molecule has 82 valence electrons. The van der Waals surface area contributed by atoms with E-state index in [1.807, 2.05) is 6.92 Å². The van der Waals surface area contributed by atoms with Crippen molar-refractivity contribution < 1.29 is 14.3 Å². The standard InChI is InChI=1S/C12H11NO3/c1-7(10-6-16-10)13-11(14)8-4-2-3-5-9(8)12(13)15/h2-5,7,10H,6H2,1H3. The molecule has 1 saturated heterocycles. The molecule has 4 nitrogen and oxygen atoms in total. The van der Waals surface area contributed by atoms with Crippen molar-refractivity contribution in [1.29, 1.82) is 0 Å². The molecular formula is C12H11NO3.